The van der Waals surface area contributed by atoms with Crippen molar-refractivity contribution in [2.45, 2.75) is 33.3 Å². The third-order valence-electron chi connectivity index (χ3n) is 2.25. The molecule has 0 amide bonds. The van der Waals surface area contributed by atoms with E-state index in [1.807, 2.05) is 32.2 Å². The Hall–Kier alpha value is -1.91. The number of ether oxygens (including phenoxy) is 1. The van der Waals surface area contributed by atoms with Gasteiger partial charge < -0.3 is 4.74 Å². The standard InChI is InChI=1S/C12H16N4O/c1-4-10-5-6-16(15-10)11-7-12(14-13-8-11)17-9(2)3/h5-9H,4H2,1-3H3. The molecule has 0 aliphatic carbocycles. The van der Waals surface area contributed by atoms with Crippen LogP contribution in [0.3, 0.4) is 0 Å². The summed E-state index contributed by atoms with van der Waals surface area (Å²) in [5, 5.41) is 12.2. The molecular weight excluding hydrogens is 216 g/mol. The van der Waals surface area contributed by atoms with E-state index in [2.05, 4.69) is 22.2 Å². The predicted molar refractivity (Wildman–Crippen MR) is 64.3 cm³/mol. The zero-order valence-corrected chi connectivity index (χ0v) is 10.3. The van der Waals surface area contributed by atoms with Gasteiger partial charge >= 0.3 is 0 Å². The Bertz CT molecular complexity index is 493. The summed E-state index contributed by atoms with van der Waals surface area (Å²) < 4.78 is 7.27. The maximum atomic E-state index is 5.49. The third-order valence-corrected chi connectivity index (χ3v) is 2.25. The molecule has 0 N–H and O–H groups in total. The molecule has 0 aromatic carbocycles. The van der Waals surface area contributed by atoms with Crippen molar-refractivity contribution in [1.82, 2.24) is 20.0 Å². The molecule has 0 bridgehead atoms. The van der Waals surface area contributed by atoms with Gasteiger partial charge in [0.15, 0.2) is 0 Å². The van der Waals surface area contributed by atoms with E-state index < -0.39 is 0 Å². The largest absolute Gasteiger partial charge is 0.474 e. The summed E-state index contributed by atoms with van der Waals surface area (Å²) >= 11 is 0. The fourth-order valence-corrected chi connectivity index (χ4v) is 1.46. The molecule has 5 heteroatoms. The van der Waals surface area contributed by atoms with Crippen LogP contribution in [-0.2, 0) is 6.42 Å². The Balaban J connectivity index is 2.26. The van der Waals surface area contributed by atoms with Gasteiger partial charge in [0.05, 0.1) is 23.7 Å². The minimum Gasteiger partial charge on any atom is -0.474 e. The lowest BCUT2D eigenvalue weighted by atomic mass is 10.4. The van der Waals surface area contributed by atoms with E-state index in [4.69, 9.17) is 4.74 Å². The van der Waals surface area contributed by atoms with E-state index in [0.29, 0.717) is 5.88 Å². The minimum atomic E-state index is 0.0865. The van der Waals surface area contributed by atoms with Gasteiger partial charge in [0.1, 0.15) is 0 Å². The second-order valence-electron chi connectivity index (χ2n) is 4.02. The van der Waals surface area contributed by atoms with Crippen LogP contribution in [0.4, 0.5) is 0 Å². The van der Waals surface area contributed by atoms with Crippen molar-refractivity contribution in [3.63, 3.8) is 0 Å². The monoisotopic (exact) mass is 232 g/mol. The summed E-state index contributed by atoms with van der Waals surface area (Å²) in [6, 6.07) is 3.82. The van der Waals surface area contributed by atoms with Gasteiger partial charge in [-0.3, -0.25) is 0 Å². The fourth-order valence-electron chi connectivity index (χ4n) is 1.46. The Morgan fingerprint density at radius 3 is 2.88 bits per heavy atom. The average molecular weight is 232 g/mol. The molecule has 0 saturated carbocycles. The third kappa shape index (κ3) is 2.81. The van der Waals surface area contributed by atoms with Crippen molar-refractivity contribution in [3.8, 4) is 11.6 Å². The van der Waals surface area contributed by atoms with Crippen LogP contribution < -0.4 is 4.74 Å². The highest BCUT2D eigenvalue weighted by Gasteiger charge is 2.04. The highest BCUT2D eigenvalue weighted by atomic mass is 16.5. The summed E-state index contributed by atoms with van der Waals surface area (Å²) in [7, 11) is 0. The Kier molecular flexibility index (Phi) is 3.37. The van der Waals surface area contributed by atoms with Crippen LogP contribution in [0, 0.1) is 0 Å². The average Bonchev–Trinajstić information content (AvgIpc) is 2.77. The van der Waals surface area contributed by atoms with Crippen LogP contribution in [-0.4, -0.2) is 26.1 Å². The van der Waals surface area contributed by atoms with Crippen molar-refractivity contribution in [3.05, 3.63) is 30.2 Å². The van der Waals surface area contributed by atoms with E-state index in [-0.39, 0.29) is 6.10 Å². The van der Waals surface area contributed by atoms with Crippen LogP contribution in [0.15, 0.2) is 24.5 Å². The summed E-state index contributed by atoms with van der Waals surface area (Å²) in [6.45, 7) is 5.99. The summed E-state index contributed by atoms with van der Waals surface area (Å²) in [4.78, 5) is 0. The van der Waals surface area contributed by atoms with Gasteiger partial charge in [-0.1, -0.05) is 6.92 Å². The van der Waals surface area contributed by atoms with Crippen LogP contribution in [0.25, 0.3) is 5.69 Å². The molecule has 0 saturated heterocycles. The number of hydrogen-bond donors (Lipinski definition) is 0. The van der Waals surface area contributed by atoms with E-state index in [0.717, 1.165) is 17.8 Å². The molecule has 0 radical (unpaired) electrons. The first-order valence-corrected chi connectivity index (χ1v) is 5.73. The minimum absolute atomic E-state index is 0.0865. The summed E-state index contributed by atoms with van der Waals surface area (Å²) in [5.74, 6) is 0.519. The van der Waals surface area contributed by atoms with Gasteiger partial charge in [-0.2, -0.15) is 10.2 Å². The smallest absolute Gasteiger partial charge is 0.235 e. The second-order valence-corrected chi connectivity index (χ2v) is 4.02. The highest BCUT2D eigenvalue weighted by molar-refractivity contribution is 5.31. The molecule has 2 aromatic heterocycles. The fraction of sp³-hybridized carbons (Fsp3) is 0.417. The quantitative estimate of drug-likeness (QED) is 0.809. The van der Waals surface area contributed by atoms with E-state index >= 15 is 0 Å². The molecular formula is C12H16N4O. The maximum Gasteiger partial charge on any atom is 0.235 e. The highest BCUT2D eigenvalue weighted by Crippen LogP contribution is 2.13. The Labute approximate surface area is 100 Å². The summed E-state index contributed by atoms with van der Waals surface area (Å²) in [5.41, 5.74) is 1.91. The van der Waals surface area contributed by atoms with Crippen molar-refractivity contribution in [1.29, 1.82) is 0 Å². The van der Waals surface area contributed by atoms with Gasteiger partial charge in [-0.25, -0.2) is 4.68 Å². The van der Waals surface area contributed by atoms with Crippen molar-refractivity contribution >= 4 is 0 Å². The van der Waals surface area contributed by atoms with Crippen molar-refractivity contribution in [2.75, 3.05) is 0 Å². The van der Waals surface area contributed by atoms with Crippen LogP contribution in [0.2, 0.25) is 0 Å². The van der Waals surface area contributed by atoms with Crippen LogP contribution in [0.1, 0.15) is 26.5 Å². The molecule has 0 fully saturated rings. The molecule has 2 aromatic rings. The first-order chi connectivity index (χ1) is 8.19. The molecule has 0 aliphatic rings. The normalized spacial score (nSPS) is 10.8. The number of hydrogen-bond acceptors (Lipinski definition) is 4. The first-order valence-electron chi connectivity index (χ1n) is 5.73. The zero-order valence-electron chi connectivity index (χ0n) is 10.3. The maximum absolute atomic E-state index is 5.49. The lowest BCUT2D eigenvalue weighted by Gasteiger charge is -2.08. The predicted octanol–water partition coefficient (Wildman–Crippen LogP) is 2.01. The molecule has 0 unspecified atom stereocenters. The Morgan fingerprint density at radius 2 is 2.24 bits per heavy atom. The van der Waals surface area contributed by atoms with Crippen molar-refractivity contribution < 1.29 is 4.74 Å². The van der Waals surface area contributed by atoms with E-state index in [1.54, 1.807) is 10.9 Å². The molecule has 2 rings (SSSR count). The molecule has 5 nitrogen and oxygen atoms in total. The molecule has 17 heavy (non-hydrogen) atoms. The molecule has 0 spiro atoms. The molecule has 2 heterocycles. The summed E-state index contributed by atoms with van der Waals surface area (Å²) in [6.07, 6.45) is 4.58. The van der Waals surface area contributed by atoms with E-state index in [1.165, 1.54) is 0 Å². The first kappa shape index (κ1) is 11.6. The number of aromatic nitrogens is 4. The lowest BCUT2D eigenvalue weighted by molar-refractivity contribution is 0.230. The van der Waals surface area contributed by atoms with E-state index in [9.17, 15) is 0 Å². The second kappa shape index (κ2) is 4.95. The topological polar surface area (TPSA) is 52.8 Å². The number of aryl methyl sites for hydroxylation is 1. The molecule has 0 aliphatic heterocycles. The van der Waals surface area contributed by atoms with Crippen molar-refractivity contribution in [2.24, 2.45) is 0 Å². The number of rotatable bonds is 4. The van der Waals surface area contributed by atoms with Gasteiger partial charge in [0, 0.05) is 12.3 Å². The van der Waals surface area contributed by atoms with Gasteiger partial charge in [0.25, 0.3) is 0 Å². The SMILES string of the molecule is CCc1ccn(-c2cnnc(OC(C)C)c2)n1. The number of nitrogens with zero attached hydrogens (tertiary/aromatic N) is 4. The molecule has 90 valence electrons. The van der Waals surface area contributed by atoms with Crippen LogP contribution >= 0.6 is 0 Å². The Morgan fingerprint density at radius 1 is 1.41 bits per heavy atom. The zero-order chi connectivity index (χ0) is 12.3. The van der Waals surface area contributed by atoms with Gasteiger partial charge in [0.2, 0.25) is 5.88 Å². The lowest BCUT2D eigenvalue weighted by Crippen LogP contribution is -2.08. The van der Waals surface area contributed by atoms with Crippen LogP contribution in [0.5, 0.6) is 5.88 Å². The van der Waals surface area contributed by atoms with Gasteiger partial charge in [-0.05, 0) is 26.3 Å². The van der Waals surface area contributed by atoms with Gasteiger partial charge in [-0.15, -0.1) is 5.10 Å². The molecule has 0 atom stereocenters.